The predicted octanol–water partition coefficient (Wildman–Crippen LogP) is 4.71. The number of carbonyl (C=O) groups excluding carboxylic acids is 1. The zero-order valence-corrected chi connectivity index (χ0v) is 14.8. The minimum Gasteiger partial charge on any atom is -0.273 e. The van der Waals surface area contributed by atoms with Crippen LogP contribution >= 0.6 is 0 Å². The molecule has 4 rings (SSSR count). The summed E-state index contributed by atoms with van der Waals surface area (Å²) in [5.74, 6) is -0.845. The van der Waals surface area contributed by atoms with E-state index < -0.39 is 17.2 Å². The predicted molar refractivity (Wildman–Crippen MR) is 95.8 cm³/mol. The van der Waals surface area contributed by atoms with E-state index >= 15 is 0 Å². The second-order valence-corrected chi connectivity index (χ2v) is 7.24. The van der Waals surface area contributed by atoms with Crippen LogP contribution in [0.5, 0.6) is 0 Å². The van der Waals surface area contributed by atoms with Crippen molar-refractivity contribution < 1.29 is 13.6 Å². The van der Waals surface area contributed by atoms with Crippen LogP contribution in [0.3, 0.4) is 0 Å². The van der Waals surface area contributed by atoms with Crippen LogP contribution in [-0.4, -0.2) is 16.6 Å². The van der Waals surface area contributed by atoms with Gasteiger partial charge in [0.25, 0.3) is 0 Å². The van der Waals surface area contributed by atoms with Crippen molar-refractivity contribution >= 4 is 11.6 Å². The van der Waals surface area contributed by atoms with Crippen molar-refractivity contribution in [2.75, 3.05) is 0 Å². The fraction of sp³-hybridized carbons (Fsp3) is 0.333. The van der Waals surface area contributed by atoms with Gasteiger partial charge in [0.2, 0.25) is 5.91 Å². The molecule has 5 heteroatoms. The lowest BCUT2D eigenvalue weighted by Gasteiger charge is -2.42. The van der Waals surface area contributed by atoms with Gasteiger partial charge in [0.15, 0.2) is 0 Å². The third-order valence-corrected chi connectivity index (χ3v) is 5.61. The third-order valence-electron chi connectivity index (χ3n) is 5.61. The fourth-order valence-corrected chi connectivity index (χ4v) is 4.34. The van der Waals surface area contributed by atoms with Gasteiger partial charge in [-0.1, -0.05) is 31.2 Å². The summed E-state index contributed by atoms with van der Waals surface area (Å²) in [7, 11) is 0. The summed E-state index contributed by atoms with van der Waals surface area (Å²) in [6.07, 6.45) is 2.04. The quantitative estimate of drug-likeness (QED) is 0.730. The standard InChI is InChI=1S/C21H20F2N2O/c1-13-9-10-21(18-6-4-3-5-16(13)18)12-20(24-25(21)14(2)26)17-11-15(22)7-8-19(17)23/h3-8,11,13H,9-10,12H2,1-2H3/t13-,21?/m0/s1. The van der Waals surface area contributed by atoms with Crippen LogP contribution in [0.1, 0.15) is 55.7 Å². The molecule has 0 saturated carbocycles. The van der Waals surface area contributed by atoms with Crippen LogP contribution in [0.2, 0.25) is 0 Å². The van der Waals surface area contributed by atoms with Crippen molar-refractivity contribution in [1.82, 2.24) is 5.01 Å². The van der Waals surface area contributed by atoms with Crippen molar-refractivity contribution in [3.05, 3.63) is 70.8 Å². The Morgan fingerprint density at radius 1 is 1.23 bits per heavy atom. The molecule has 0 bridgehead atoms. The average Bonchev–Trinajstić information content (AvgIpc) is 3.01. The molecule has 1 heterocycles. The van der Waals surface area contributed by atoms with Gasteiger partial charge < -0.3 is 0 Å². The average molecular weight is 354 g/mol. The number of hydrogen-bond acceptors (Lipinski definition) is 2. The highest BCUT2D eigenvalue weighted by molar-refractivity contribution is 6.04. The second-order valence-electron chi connectivity index (χ2n) is 7.24. The number of carbonyl (C=O) groups is 1. The number of halogens is 2. The molecule has 1 unspecified atom stereocenters. The summed E-state index contributed by atoms with van der Waals surface area (Å²) in [5, 5.41) is 5.94. The molecule has 26 heavy (non-hydrogen) atoms. The first-order valence-corrected chi connectivity index (χ1v) is 8.85. The van der Waals surface area contributed by atoms with Crippen molar-refractivity contribution in [2.24, 2.45) is 5.10 Å². The van der Waals surface area contributed by atoms with Crippen LogP contribution < -0.4 is 0 Å². The van der Waals surface area contributed by atoms with Gasteiger partial charge in [-0.3, -0.25) is 4.79 Å². The summed E-state index contributed by atoms with van der Waals surface area (Å²) in [4.78, 5) is 12.4. The minimum atomic E-state index is -0.622. The highest BCUT2D eigenvalue weighted by Gasteiger charge is 2.49. The molecule has 2 aromatic carbocycles. The lowest BCUT2D eigenvalue weighted by Crippen LogP contribution is -2.45. The Morgan fingerprint density at radius 3 is 2.77 bits per heavy atom. The van der Waals surface area contributed by atoms with E-state index in [1.807, 2.05) is 18.2 Å². The van der Waals surface area contributed by atoms with Crippen LogP contribution in [0, 0.1) is 11.6 Å². The molecule has 1 amide bonds. The third kappa shape index (κ3) is 2.45. The number of nitrogens with zero attached hydrogens (tertiary/aromatic N) is 2. The fourth-order valence-electron chi connectivity index (χ4n) is 4.34. The van der Waals surface area contributed by atoms with Gasteiger partial charge in [-0.05, 0) is 48.1 Å². The van der Waals surface area contributed by atoms with E-state index in [9.17, 15) is 13.6 Å². The molecule has 3 nitrogen and oxygen atoms in total. The maximum atomic E-state index is 14.3. The zero-order valence-electron chi connectivity index (χ0n) is 14.8. The first kappa shape index (κ1) is 16.9. The largest absolute Gasteiger partial charge is 0.273 e. The summed E-state index contributed by atoms with van der Waals surface area (Å²) in [6, 6.07) is 11.4. The van der Waals surface area contributed by atoms with Crippen LogP contribution in [0.4, 0.5) is 8.78 Å². The molecule has 1 aliphatic heterocycles. The monoisotopic (exact) mass is 354 g/mol. The molecule has 0 radical (unpaired) electrons. The molecular formula is C21H20F2N2O. The number of hydrogen-bond donors (Lipinski definition) is 0. The van der Waals surface area contributed by atoms with E-state index in [2.05, 4.69) is 18.1 Å². The molecular weight excluding hydrogens is 334 g/mol. The Hall–Kier alpha value is -2.56. The molecule has 0 fully saturated rings. The van der Waals surface area contributed by atoms with Gasteiger partial charge in [-0.25, -0.2) is 13.8 Å². The van der Waals surface area contributed by atoms with E-state index in [0.717, 1.165) is 36.6 Å². The Kier molecular flexibility index (Phi) is 3.90. The Morgan fingerprint density at radius 2 is 2.00 bits per heavy atom. The molecule has 0 N–H and O–H groups in total. The van der Waals surface area contributed by atoms with Gasteiger partial charge in [-0.2, -0.15) is 5.10 Å². The van der Waals surface area contributed by atoms with Gasteiger partial charge in [0.1, 0.15) is 11.6 Å². The molecule has 2 aromatic rings. The summed E-state index contributed by atoms with van der Waals surface area (Å²) < 4.78 is 28.0. The zero-order chi connectivity index (χ0) is 18.5. The van der Waals surface area contributed by atoms with Crippen molar-refractivity contribution in [3.8, 4) is 0 Å². The molecule has 0 aromatic heterocycles. The maximum Gasteiger partial charge on any atom is 0.240 e. The Labute approximate surface area is 151 Å². The molecule has 134 valence electrons. The molecule has 1 spiro atoms. The first-order chi connectivity index (χ1) is 12.4. The lowest BCUT2D eigenvalue weighted by molar-refractivity contribution is -0.135. The van der Waals surface area contributed by atoms with Gasteiger partial charge >= 0.3 is 0 Å². The number of benzene rings is 2. The molecule has 0 saturated heterocycles. The summed E-state index contributed by atoms with van der Waals surface area (Å²) in [5.41, 5.74) is 2.18. The van der Waals surface area contributed by atoms with Crippen molar-refractivity contribution in [1.29, 1.82) is 0 Å². The van der Waals surface area contributed by atoms with Crippen LogP contribution in [0.25, 0.3) is 0 Å². The number of rotatable bonds is 1. The summed E-state index contributed by atoms with van der Waals surface area (Å²) >= 11 is 0. The van der Waals surface area contributed by atoms with E-state index in [0.29, 0.717) is 18.1 Å². The van der Waals surface area contributed by atoms with Crippen LogP contribution in [-0.2, 0) is 10.3 Å². The van der Waals surface area contributed by atoms with Gasteiger partial charge in [0.05, 0.1) is 11.3 Å². The van der Waals surface area contributed by atoms with Crippen molar-refractivity contribution in [2.45, 2.75) is 44.6 Å². The molecule has 1 aliphatic carbocycles. The highest BCUT2D eigenvalue weighted by atomic mass is 19.1. The minimum absolute atomic E-state index is 0.129. The Balaban J connectivity index is 1.86. The number of amides is 1. The second kappa shape index (κ2) is 6.01. The summed E-state index contributed by atoms with van der Waals surface area (Å²) in [6.45, 7) is 3.64. The molecule has 2 aliphatic rings. The van der Waals surface area contributed by atoms with E-state index in [1.54, 1.807) is 0 Å². The first-order valence-electron chi connectivity index (χ1n) is 8.85. The van der Waals surface area contributed by atoms with E-state index in [4.69, 9.17) is 0 Å². The number of hydrazone groups is 1. The normalized spacial score (nSPS) is 24.5. The number of fused-ring (bicyclic) bond motifs is 2. The van der Waals surface area contributed by atoms with Gasteiger partial charge in [-0.15, -0.1) is 0 Å². The van der Waals surface area contributed by atoms with E-state index in [-0.39, 0.29) is 11.5 Å². The van der Waals surface area contributed by atoms with Crippen LogP contribution in [0.15, 0.2) is 47.6 Å². The van der Waals surface area contributed by atoms with E-state index in [1.165, 1.54) is 17.5 Å². The van der Waals surface area contributed by atoms with Crippen molar-refractivity contribution in [3.63, 3.8) is 0 Å². The topological polar surface area (TPSA) is 32.7 Å². The maximum absolute atomic E-state index is 14.3. The highest BCUT2D eigenvalue weighted by Crippen LogP contribution is 2.50. The lowest BCUT2D eigenvalue weighted by atomic mass is 9.70. The SMILES string of the molecule is CC(=O)N1N=C(c2cc(F)ccc2F)CC12CC[C@H](C)c1ccccc12. The van der Waals surface area contributed by atoms with Gasteiger partial charge in [0, 0.05) is 18.9 Å². The molecule has 2 atom stereocenters. The Bertz CT molecular complexity index is 924. The smallest absolute Gasteiger partial charge is 0.240 e.